The number of pyridine rings is 1. The van der Waals surface area contributed by atoms with E-state index in [1.165, 1.54) is 17.7 Å². The minimum atomic E-state index is -4.28. The summed E-state index contributed by atoms with van der Waals surface area (Å²) in [6, 6.07) is 11.0. The van der Waals surface area contributed by atoms with Gasteiger partial charge in [-0.05, 0) is 79.6 Å². The predicted molar refractivity (Wildman–Crippen MR) is 133 cm³/mol. The summed E-state index contributed by atoms with van der Waals surface area (Å²) in [5.41, 5.74) is 5.50. The zero-order valence-corrected chi connectivity index (χ0v) is 20.5. The molecule has 3 aliphatic carbocycles. The van der Waals surface area contributed by atoms with E-state index in [1.54, 1.807) is 24.4 Å². The first-order valence-corrected chi connectivity index (χ1v) is 12.7. The molecule has 0 spiro atoms. The highest BCUT2D eigenvalue weighted by atomic mass is 19.4. The number of benzene rings is 1. The first kappa shape index (κ1) is 24.1. The molecule has 0 aliphatic heterocycles. The fourth-order valence-corrected chi connectivity index (χ4v) is 6.58. The first-order valence-electron chi connectivity index (χ1n) is 12.7. The van der Waals surface area contributed by atoms with Crippen molar-refractivity contribution in [3.8, 4) is 5.69 Å². The molecule has 0 saturated heterocycles. The maximum Gasteiger partial charge on any atom is 0.393 e. The third-order valence-corrected chi connectivity index (χ3v) is 8.41. The van der Waals surface area contributed by atoms with Gasteiger partial charge in [0.25, 0.3) is 0 Å². The Bertz CT molecular complexity index is 1360. The molecule has 0 radical (unpaired) electrons. The summed E-state index contributed by atoms with van der Waals surface area (Å²) in [4.78, 5) is 4.29. The molecule has 1 N–H and O–H groups in total. The van der Waals surface area contributed by atoms with Gasteiger partial charge in [0.15, 0.2) is 0 Å². The van der Waals surface area contributed by atoms with E-state index in [0.29, 0.717) is 19.4 Å². The van der Waals surface area contributed by atoms with Gasteiger partial charge in [0.05, 0.1) is 29.2 Å². The Balaban J connectivity index is 1.33. The van der Waals surface area contributed by atoms with Gasteiger partial charge in [-0.25, -0.2) is 9.07 Å². The first-order chi connectivity index (χ1) is 17.7. The molecular formula is C29H28F4N4. The Morgan fingerprint density at radius 2 is 1.95 bits per heavy atom. The lowest BCUT2D eigenvalue weighted by Gasteiger charge is -2.51. The average molecular weight is 509 g/mol. The fraction of sp³-hybridized carbons (Fsp3) is 0.379. The van der Waals surface area contributed by atoms with Crippen molar-refractivity contribution in [2.45, 2.75) is 51.4 Å². The SMILES string of the molecule is C[C@]12Cc3cnn(-c4ccc(F)cc4)c3C=C1CC[C@H]1C2=CC[C@@H](C(F)(F)F)[C@@H]1NCc1ccccn1. The van der Waals surface area contributed by atoms with E-state index in [1.807, 2.05) is 29.1 Å². The van der Waals surface area contributed by atoms with Crippen LogP contribution in [0.25, 0.3) is 11.8 Å². The lowest BCUT2D eigenvalue weighted by Crippen LogP contribution is -2.53. The molecular weight excluding hydrogens is 480 g/mol. The highest BCUT2D eigenvalue weighted by Gasteiger charge is 2.54. The second-order valence-corrected chi connectivity index (χ2v) is 10.5. The number of nitrogens with one attached hydrogen (secondary N) is 1. The van der Waals surface area contributed by atoms with E-state index in [-0.39, 0.29) is 23.6 Å². The number of allylic oxidation sites excluding steroid dienone is 2. The smallest absolute Gasteiger partial charge is 0.307 e. The summed E-state index contributed by atoms with van der Waals surface area (Å²) >= 11 is 0. The van der Waals surface area contributed by atoms with Gasteiger partial charge in [0.2, 0.25) is 0 Å². The van der Waals surface area contributed by atoms with E-state index in [0.717, 1.165) is 34.6 Å². The molecule has 37 heavy (non-hydrogen) atoms. The van der Waals surface area contributed by atoms with Crippen LogP contribution in [0.15, 0.2) is 72.1 Å². The molecule has 0 bridgehead atoms. The van der Waals surface area contributed by atoms with Crippen LogP contribution in [0.5, 0.6) is 0 Å². The molecule has 4 atom stereocenters. The van der Waals surface area contributed by atoms with Gasteiger partial charge in [-0.2, -0.15) is 18.3 Å². The Kier molecular flexibility index (Phi) is 5.82. The molecule has 192 valence electrons. The Labute approximate surface area is 213 Å². The van der Waals surface area contributed by atoms with Crippen LogP contribution in [-0.4, -0.2) is 27.0 Å². The number of rotatable bonds is 4. The van der Waals surface area contributed by atoms with Crippen LogP contribution in [-0.2, 0) is 13.0 Å². The van der Waals surface area contributed by atoms with Crippen LogP contribution in [0.2, 0.25) is 0 Å². The van der Waals surface area contributed by atoms with Crippen molar-refractivity contribution in [1.82, 2.24) is 20.1 Å². The number of aromatic nitrogens is 3. The third kappa shape index (κ3) is 4.21. The lowest BCUT2D eigenvalue weighted by molar-refractivity contribution is -0.187. The normalized spacial score (nSPS) is 27.0. The molecule has 4 nitrogen and oxygen atoms in total. The van der Waals surface area contributed by atoms with Crippen molar-refractivity contribution >= 4 is 6.08 Å². The van der Waals surface area contributed by atoms with Gasteiger partial charge in [-0.1, -0.05) is 30.2 Å². The highest BCUT2D eigenvalue weighted by molar-refractivity contribution is 5.63. The van der Waals surface area contributed by atoms with Crippen LogP contribution in [0, 0.1) is 23.1 Å². The van der Waals surface area contributed by atoms with Crippen molar-refractivity contribution in [2.75, 3.05) is 0 Å². The Morgan fingerprint density at radius 3 is 2.68 bits per heavy atom. The van der Waals surface area contributed by atoms with Gasteiger partial charge < -0.3 is 5.32 Å². The number of hydrogen-bond donors (Lipinski definition) is 1. The molecule has 0 unspecified atom stereocenters. The number of hydrogen-bond acceptors (Lipinski definition) is 3. The maximum atomic E-state index is 14.2. The second kappa shape index (κ2) is 8.94. The zero-order chi connectivity index (χ0) is 25.8. The molecule has 3 aromatic rings. The molecule has 1 saturated carbocycles. The van der Waals surface area contributed by atoms with Crippen LogP contribution < -0.4 is 5.32 Å². The molecule has 0 amide bonds. The predicted octanol–water partition coefficient (Wildman–Crippen LogP) is 6.43. The van der Waals surface area contributed by atoms with E-state index in [2.05, 4.69) is 28.4 Å². The highest BCUT2D eigenvalue weighted by Crippen LogP contribution is 2.57. The monoisotopic (exact) mass is 508 g/mol. The summed E-state index contributed by atoms with van der Waals surface area (Å²) in [5.74, 6) is -1.94. The van der Waals surface area contributed by atoms with Crippen LogP contribution in [0.4, 0.5) is 17.6 Å². The van der Waals surface area contributed by atoms with E-state index in [4.69, 9.17) is 0 Å². The molecule has 1 fully saturated rings. The van der Waals surface area contributed by atoms with E-state index >= 15 is 0 Å². The topological polar surface area (TPSA) is 42.7 Å². The largest absolute Gasteiger partial charge is 0.393 e. The van der Waals surface area contributed by atoms with Gasteiger partial charge in [-0.15, -0.1) is 0 Å². The standard InChI is InChI=1S/C29H28F4N4/c1-28-15-18-16-36-37(22-8-6-20(30)7-9-22)26(18)14-19(28)5-10-23-24(28)11-12-25(29(31,32)33)27(23)35-17-21-4-2-3-13-34-21/h2-4,6-9,11,13-14,16,23,25,27,35H,5,10,12,15,17H2,1H3/t23-,25+,27+,28-/m0/s1. The molecule has 2 aromatic heterocycles. The number of halogens is 4. The van der Waals surface area contributed by atoms with Gasteiger partial charge in [0, 0.05) is 24.2 Å². The van der Waals surface area contributed by atoms with Crippen LogP contribution in [0.1, 0.15) is 43.1 Å². The van der Waals surface area contributed by atoms with Crippen LogP contribution >= 0.6 is 0 Å². The van der Waals surface area contributed by atoms with Crippen LogP contribution in [0.3, 0.4) is 0 Å². The molecule has 8 heteroatoms. The summed E-state index contributed by atoms with van der Waals surface area (Å²) in [6.45, 7) is 2.47. The quantitative estimate of drug-likeness (QED) is 0.326. The van der Waals surface area contributed by atoms with E-state index in [9.17, 15) is 17.6 Å². The van der Waals surface area contributed by atoms with Crippen molar-refractivity contribution in [1.29, 1.82) is 0 Å². The maximum absolute atomic E-state index is 14.2. The molecule has 6 rings (SSSR count). The summed E-state index contributed by atoms with van der Waals surface area (Å²) in [5, 5.41) is 7.84. The minimum absolute atomic E-state index is 0.0280. The fourth-order valence-electron chi connectivity index (χ4n) is 6.58. The third-order valence-electron chi connectivity index (χ3n) is 8.41. The van der Waals surface area contributed by atoms with Gasteiger partial charge >= 0.3 is 6.18 Å². The number of fused-ring (bicyclic) bond motifs is 4. The molecule has 2 heterocycles. The van der Waals surface area contributed by atoms with Crippen molar-refractivity contribution in [3.05, 3.63) is 94.8 Å². The molecule has 1 aromatic carbocycles. The Morgan fingerprint density at radius 1 is 1.14 bits per heavy atom. The lowest BCUT2D eigenvalue weighted by atomic mass is 9.55. The van der Waals surface area contributed by atoms with Crippen molar-refractivity contribution < 1.29 is 17.6 Å². The second-order valence-electron chi connectivity index (χ2n) is 10.5. The molecule has 3 aliphatic rings. The van der Waals surface area contributed by atoms with Gasteiger partial charge in [0.1, 0.15) is 5.82 Å². The average Bonchev–Trinajstić information content (AvgIpc) is 3.28. The number of nitrogens with zero attached hydrogens (tertiary/aromatic N) is 3. The van der Waals surface area contributed by atoms with Crippen molar-refractivity contribution in [2.24, 2.45) is 17.3 Å². The summed E-state index contributed by atoms with van der Waals surface area (Å²) in [7, 11) is 0. The summed E-state index contributed by atoms with van der Waals surface area (Å²) < 4.78 is 57.8. The van der Waals surface area contributed by atoms with Crippen molar-refractivity contribution in [3.63, 3.8) is 0 Å². The zero-order valence-electron chi connectivity index (χ0n) is 20.5. The number of alkyl halides is 3. The van der Waals surface area contributed by atoms with E-state index < -0.39 is 18.1 Å². The van der Waals surface area contributed by atoms with Gasteiger partial charge in [-0.3, -0.25) is 4.98 Å². The Hall–Kier alpha value is -3.26. The minimum Gasteiger partial charge on any atom is -0.307 e. The summed E-state index contributed by atoms with van der Waals surface area (Å²) in [6.07, 6.45) is 5.26.